The molecule has 1 aliphatic heterocycles. The maximum atomic E-state index is 11.5. The number of carbonyl (C=O) groups excluding carboxylic acids is 1. The molecule has 1 saturated heterocycles. The Labute approximate surface area is 86.0 Å². The third-order valence-electron chi connectivity index (χ3n) is 2.60. The number of nitrogens with one attached hydrogen (secondary N) is 2. The predicted octanol–water partition coefficient (Wildman–Crippen LogP) is -0.194. The maximum Gasteiger partial charge on any atom is 0.221 e. The van der Waals surface area contributed by atoms with Crippen molar-refractivity contribution in [3.05, 3.63) is 0 Å². The van der Waals surface area contributed by atoms with Crippen molar-refractivity contribution in [3.8, 4) is 0 Å². The summed E-state index contributed by atoms with van der Waals surface area (Å²) in [4.78, 5) is 13.6. The number of amides is 1. The standard InChI is InChI=1S/C10H21N3O/c1-10(5-6-11-8-10)12-9(14)4-7-13(2)3/h11H,4-8H2,1-3H3,(H,12,14). The lowest BCUT2D eigenvalue weighted by Crippen LogP contribution is -2.48. The van der Waals surface area contributed by atoms with E-state index >= 15 is 0 Å². The van der Waals surface area contributed by atoms with E-state index in [0.717, 1.165) is 26.1 Å². The first-order valence-corrected chi connectivity index (χ1v) is 5.18. The average molecular weight is 199 g/mol. The van der Waals surface area contributed by atoms with Crippen LogP contribution < -0.4 is 10.6 Å². The zero-order chi connectivity index (χ0) is 10.6. The number of rotatable bonds is 4. The van der Waals surface area contributed by atoms with E-state index < -0.39 is 0 Å². The second kappa shape index (κ2) is 4.75. The summed E-state index contributed by atoms with van der Waals surface area (Å²) in [7, 11) is 3.96. The summed E-state index contributed by atoms with van der Waals surface area (Å²) in [5.41, 5.74) is -0.0244. The number of carbonyl (C=O) groups is 1. The molecule has 0 aromatic carbocycles. The Morgan fingerprint density at radius 2 is 2.29 bits per heavy atom. The zero-order valence-electron chi connectivity index (χ0n) is 9.39. The van der Waals surface area contributed by atoms with Crippen LogP contribution in [-0.4, -0.2) is 50.1 Å². The third kappa shape index (κ3) is 3.64. The second-order valence-corrected chi connectivity index (χ2v) is 4.59. The fourth-order valence-corrected chi connectivity index (χ4v) is 1.65. The van der Waals surface area contributed by atoms with Gasteiger partial charge in [0.2, 0.25) is 5.91 Å². The molecule has 1 unspecified atom stereocenters. The van der Waals surface area contributed by atoms with E-state index in [9.17, 15) is 4.79 Å². The van der Waals surface area contributed by atoms with Gasteiger partial charge in [-0.05, 0) is 34.0 Å². The predicted molar refractivity (Wildman–Crippen MR) is 57.2 cm³/mol. The van der Waals surface area contributed by atoms with Gasteiger partial charge in [0.15, 0.2) is 0 Å². The average Bonchev–Trinajstić information content (AvgIpc) is 2.48. The Balaban J connectivity index is 2.25. The van der Waals surface area contributed by atoms with Crippen molar-refractivity contribution in [1.29, 1.82) is 0 Å². The molecule has 4 nitrogen and oxygen atoms in total. The molecule has 1 aliphatic rings. The molecule has 0 aromatic heterocycles. The van der Waals surface area contributed by atoms with Crippen molar-refractivity contribution in [2.45, 2.75) is 25.3 Å². The van der Waals surface area contributed by atoms with E-state index in [1.165, 1.54) is 0 Å². The molecule has 1 heterocycles. The summed E-state index contributed by atoms with van der Waals surface area (Å²) in [5, 5.41) is 6.34. The van der Waals surface area contributed by atoms with Crippen LogP contribution in [0.5, 0.6) is 0 Å². The van der Waals surface area contributed by atoms with Crippen molar-refractivity contribution in [2.24, 2.45) is 0 Å². The molecule has 0 spiro atoms. The third-order valence-corrected chi connectivity index (χ3v) is 2.60. The van der Waals surface area contributed by atoms with E-state index in [4.69, 9.17) is 0 Å². The number of nitrogens with zero attached hydrogens (tertiary/aromatic N) is 1. The van der Waals surface area contributed by atoms with Gasteiger partial charge in [-0.2, -0.15) is 0 Å². The van der Waals surface area contributed by atoms with Crippen LogP contribution in [0.4, 0.5) is 0 Å². The molecule has 1 rings (SSSR count). The monoisotopic (exact) mass is 199 g/mol. The first-order valence-electron chi connectivity index (χ1n) is 5.18. The Morgan fingerprint density at radius 3 is 2.79 bits per heavy atom. The zero-order valence-corrected chi connectivity index (χ0v) is 9.39. The SMILES string of the molecule is CN(C)CCC(=O)NC1(C)CCNC1. The fraction of sp³-hybridized carbons (Fsp3) is 0.900. The Bertz CT molecular complexity index is 198. The lowest BCUT2D eigenvalue weighted by Gasteiger charge is -2.24. The van der Waals surface area contributed by atoms with Gasteiger partial charge in [-0.15, -0.1) is 0 Å². The van der Waals surface area contributed by atoms with Crippen LogP contribution in [0.25, 0.3) is 0 Å². The van der Waals surface area contributed by atoms with Crippen LogP contribution in [0, 0.1) is 0 Å². The van der Waals surface area contributed by atoms with Gasteiger partial charge < -0.3 is 15.5 Å². The summed E-state index contributed by atoms with van der Waals surface area (Å²) in [5.74, 6) is 0.157. The van der Waals surface area contributed by atoms with Gasteiger partial charge in [0.25, 0.3) is 0 Å². The highest BCUT2D eigenvalue weighted by Crippen LogP contribution is 2.12. The van der Waals surface area contributed by atoms with Crippen LogP contribution in [0.1, 0.15) is 19.8 Å². The number of hydrogen-bond donors (Lipinski definition) is 2. The molecule has 1 fully saturated rings. The molecule has 1 amide bonds. The minimum absolute atomic E-state index is 0.0244. The summed E-state index contributed by atoms with van der Waals surface area (Å²) in [6.45, 7) is 4.81. The normalized spacial score (nSPS) is 26.9. The molecule has 0 bridgehead atoms. The van der Waals surface area contributed by atoms with Gasteiger partial charge in [0.1, 0.15) is 0 Å². The first-order chi connectivity index (χ1) is 6.52. The van der Waals surface area contributed by atoms with Gasteiger partial charge in [0, 0.05) is 19.5 Å². The number of hydrogen-bond acceptors (Lipinski definition) is 3. The summed E-state index contributed by atoms with van der Waals surface area (Å²) in [6.07, 6.45) is 1.61. The minimum atomic E-state index is -0.0244. The van der Waals surface area contributed by atoms with Crippen molar-refractivity contribution < 1.29 is 4.79 Å². The molecule has 0 saturated carbocycles. The van der Waals surface area contributed by atoms with Gasteiger partial charge in [-0.3, -0.25) is 4.79 Å². The lowest BCUT2D eigenvalue weighted by molar-refractivity contribution is -0.122. The van der Waals surface area contributed by atoms with Crippen molar-refractivity contribution in [3.63, 3.8) is 0 Å². The minimum Gasteiger partial charge on any atom is -0.350 e. The summed E-state index contributed by atoms with van der Waals surface area (Å²) < 4.78 is 0. The Kier molecular flexibility index (Phi) is 3.89. The van der Waals surface area contributed by atoms with Crippen LogP contribution in [0.2, 0.25) is 0 Å². The van der Waals surface area contributed by atoms with Crippen LogP contribution >= 0.6 is 0 Å². The van der Waals surface area contributed by atoms with Crippen LogP contribution in [-0.2, 0) is 4.79 Å². The summed E-state index contributed by atoms with van der Waals surface area (Å²) >= 11 is 0. The topological polar surface area (TPSA) is 44.4 Å². The highest BCUT2D eigenvalue weighted by molar-refractivity contribution is 5.77. The van der Waals surface area contributed by atoms with E-state index in [0.29, 0.717) is 6.42 Å². The first kappa shape index (κ1) is 11.5. The van der Waals surface area contributed by atoms with Crippen molar-refractivity contribution in [1.82, 2.24) is 15.5 Å². The Morgan fingerprint density at radius 1 is 1.57 bits per heavy atom. The smallest absolute Gasteiger partial charge is 0.221 e. The molecule has 1 atom stereocenters. The quantitative estimate of drug-likeness (QED) is 0.659. The maximum absolute atomic E-state index is 11.5. The summed E-state index contributed by atoms with van der Waals surface area (Å²) in [6, 6.07) is 0. The van der Waals surface area contributed by atoms with Crippen LogP contribution in [0.3, 0.4) is 0 Å². The highest BCUT2D eigenvalue weighted by atomic mass is 16.1. The molecule has 82 valence electrons. The fourth-order valence-electron chi connectivity index (χ4n) is 1.65. The molecular weight excluding hydrogens is 178 g/mol. The largest absolute Gasteiger partial charge is 0.350 e. The highest BCUT2D eigenvalue weighted by Gasteiger charge is 2.29. The van der Waals surface area contributed by atoms with E-state index in [1.54, 1.807) is 0 Å². The van der Waals surface area contributed by atoms with Gasteiger partial charge in [-0.25, -0.2) is 0 Å². The van der Waals surface area contributed by atoms with Crippen molar-refractivity contribution >= 4 is 5.91 Å². The molecule has 0 aromatic rings. The molecule has 0 radical (unpaired) electrons. The molecule has 0 aliphatic carbocycles. The molecular formula is C10H21N3O. The van der Waals surface area contributed by atoms with E-state index in [-0.39, 0.29) is 11.4 Å². The second-order valence-electron chi connectivity index (χ2n) is 4.59. The molecule has 4 heteroatoms. The van der Waals surface area contributed by atoms with Gasteiger partial charge >= 0.3 is 0 Å². The Hall–Kier alpha value is -0.610. The lowest BCUT2D eigenvalue weighted by atomic mass is 10.0. The van der Waals surface area contributed by atoms with Crippen molar-refractivity contribution in [2.75, 3.05) is 33.7 Å². The van der Waals surface area contributed by atoms with Crippen LogP contribution in [0.15, 0.2) is 0 Å². The molecule has 14 heavy (non-hydrogen) atoms. The van der Waals surface area contributed by atoms with E-state index in [2.05, 4.69) is 17.6 Å². The van der Waals surface area contributed by atoms with Gasteiger partial charge in [0.05, 0.1) is 5.54 Å². The van der Waals surface area contributed by atoms with Gasteiger partial charge in [-0.1, -0.05) is 0 Å². The molecule has 2 N–H and O–H groups in total. The van der Waals surface area contributed by atoms with E-state index in [1.807, 2.05) is 19.0 Å².